The van der Waals surface area contributed by atoms with E-state index in [1.165, 1.54) is 11.1 Å². The fourth-order valence-electron chi connectivity index (χ4n) is 2.65. The van der Waals surface area contributed by atoms with E-state index in [0.717, 1.165) is 12.0 Å². The fourth-order valence-corrected chi connectivity index (χ4v) is 2.65. The molecule has 1 unspecified atom stereocenters. The van der Waals surface area contributed by atoms with Gasteiger partial charge in [0.2, 0.25) is 5.91 Å². The van der Waals surface area contributed by atoms with E-state index in [-0.39, 0.29) is 12.5 Å². The first-order valence-electron chi connectivity index (χ1n) is 8.92. The van der Waals surface area contributed by atoms with Crippen LogP contribution in [0.1, 0.15) is 23.6 Å². The molecule has 7 heteroatoms. The van der Waals surface area contributed by atoms with Crippen LogP contribution in [-0.4, -0.2) is 34.6 Å². The smallest absolute Gasteiger partial charge is 0.328 e. The average molecular weight is 398 g/mol. The van der Waals surface area contributed by atoms with Gasteiger partial charge in [0, 0.05) is 12.2 Å². The third kappa shape index (κ3) is 8.85. The van der Waals surface area contributed by atoms with E-state index in [1.54, 1.807) is 0 Å². The molecule has 0 aliphatic carbocycles. The summed E-state index contributed by atoms with van der Waals surface area (Å²) in [5, 5.41) is 18.7. The van der Waals surface area contributed by atoms with Crippen molar-refractivity contribution in [1.82, 2.24) is 5.32 Å². The van der Waals surface area contributed by atoms with E-state index in [2.05, 4.69) is 48.6 Å². The van der Waals surface area contributed by atoms with Gasteiger partial charge in [-0.2, -0.15) is 0 Å². The molecule has 0 aromatic heterocycles. The third-order valence-electron chi connectivity index (χ3n) is 4.06. The second kappa shape index (κ2) is 11.4. The van der Waals surface area contributed by atoms with Crippen molar-refractivity contribution in [2.45, 2.75) is 25.8 Å². The lowest BCUT2D eigenvalue weighted by molar-refractivity contribution is -0.134. The number of rotatable bonds is 7. The summed E-state index contributed by atoms with van der Waals surface area (Å²) in [6.45, 7) is 4.09. The van der Waals surface area contributed by atoms with Gasteiger partial charge in [-0.15, -0.1) is 0 Å². The monoisotopic (exact) mass is 398 g/mol. The standard InChI is InChI=1S/C18H22N2O.C4H4O4/c1-14-8-10-16(11-9-14)18(2,20-17(21)13-19)12-15-6-4-3-5-7-15;5-3(6)1-2-4(7)8/h3-11H,12-13,19H2,1-2H3,(H,20,21);1-2H,(H,5,6)(H,7,8)/b;2-1-. The van der Waals surface area contributed by atoms with Crippen molar-refractivity contribution >= 4 is 17.8 Å². The number of carbonyl (C=O) groups excluding carboxylic acids is 1. The summed E-state index contributed by atoms with van der Waals surface area (Å²) in [6.07, 6.45) is 1.84. The second-order valence-electron chi connectivity index (χ2n) is 6.62. The third-order valence-corrected chi connectivity index (χ3v) is 4.06. The zero-order valence-corrected chi connectivity index (χ0v) is 16.5. The van der Waals surface area contributed by atoms with Crippen molar-refractivity contribution in [3.8, 4) is 0 Å². The van der Waals surface area contributed by atoms with Gasteiger partial charge in [-0.3, -0.25) is 4.79 Å². The molecule has 2 aromatic rings. The molecule has 29 heavy (non-hydrogen) atoms. The molecule has 5 N–H and O–H groups in total. The molecular formula is C22H26N2O5. The molecular weight excluding hydrogens is 372 g/mol. The molecule has 0 aliphatic rings. The molecule has 0 spiro atoms. The van der Waals surface area contributed by atoms with Crippen LogP contribution in [0, 0.1) is 6.92 Å². The molecule has 2 rings (SSSR count). The van der Waals surface area contributed by atoms with Crippen molar-refractivity contribution in [3.05, 3.63) is 83.4 Å². The van der Waals surface area contributed by atoms with Crippen LogP contribution in [-0.2, 0) is 26.3 Å². The number of aryl methyl sites for hydroxylation is 1. The van der Waals surface area contributed by atoms with E-state index in [4.69, 9.17) is 15.9 Å². The molecule has 0 heterocycles. The largest absolute Gasteiger partial charge is 0.478 e. The predicted octanol–water partition coefficient (Wildman–Crippen LogP) is 2.24. The van der Waals surface area contributed by atoms with Gasteiger partial charge in [-0.05, 0) is 31.4 Å². The van der Waals surface area contributed by atoms with Crippen molar-refractivity contribution < 1.29 is 24.6 Å². The molecule has 1 amide bonds. The van der Waals surface area contributed by atoms with Crippen LogP contribution in [0.4, 0.5) is 0 Å². The fraction of sp³-hybridized carbons (Fsp3) is 0.227. The lowest BCUT2D eigenvalue weighted by atomic mass is 9.85. The molecule has 0 aliphatic heterocycles. The number of hydrogen-bond donors (Lipinski definition) is 4. The number of benzene rings is 2. The summed E-state index contributed by atoms with van der Waals surface area (Å²) in [4.78, 5) is 30.9. The van der Waals surface area contributed by atoms with Crippen molar-refractivity contribution in [2.24, 2.45) is 5.73 Å². The normalized spacial score (nSPS) is 12.4. The van der Waals surface area contributed by atoms with E-state index in [1.807, 2.05) is 25.1 Å². The number of amides is 1. The van der Waals surface area contributed by atoms with Crippen LogP contribution in [0.5, 0.6) is 0 Å². The molecule has 7 nitrogen and oxygen atoms in total. The maximum Gasteiger partial charge on any atom is 0.328 e. The summed E-state index contributed by atoms with van der Waals surface area (Å²) >= 11 is 0. The summed E-state index contributed by atoms with van der Waals surface area (Å²) in [5.74, 6) is -2.66. The van der Waals surface area contributed by atoms with Crippen LogP contribution in [0.15, 0.2) is 66.7 Å². The Morgan fingerprint density at radius 1 is 0.966 bits per heavy atom. The number of carboxylic acid groups (broad SMARTS) is 2. The highest BCUT2D eigenvalue weighted by atomic mass is 16.4. The van der Waals surface area contributed by atoms with Gasteiger partial charge in [0.25, 0.3) is 0 Å². The summed E-state index contributed by atoms with van der Waals surface area (Å²) in [6, 6.07) is 18.4. The number of nitrogens with one attached hydrogen (secondary N) is 1. The Hall–Kier alpha value is -3.45. The number of carboxylic acids is 2. The SMILES string of the molecule is Cc1ccc(C(C)(Cc2ccccc2)NC(=O)CN)cc1.O=C(O)/C=C\C(=O)O. The van der Waals surface area contributed by atoms with Gasteiger partial charge in [0.1, 0.15) is 0 Å². The number of nitrogens with two attached hydrogens (primary N) is 1. The average Bonchev–Trinajstić information content (AvgIpc) is 2.68. The second-order valence-corrected chi connectivity index (χ2v) is 6.62. The van der Waals surface area contributed by atoms with Crippen LogP contribution in [0.2, 0.25) is 0 Å². The summed E-state index contributed by atoms with van der Waals surface area (Å²) in [5.41, 5.74) is 8.46. The van der Waals surface area contributed by atoms with Crippen LogP contribution < -0.4 is 11.1 Å². The zero-order valence-electron chi connectivity index (χ0n) is 16.5. The van der Waals surface area contributed by atoms with E-state index >= 15 is 0 Å². The first-order chi connectivity index (χ1) is 13.7. The maximum atomic E-state index is 11.8. The molecule has 0 fully saturated rings. The van der Waals surface area contributed by atoms with E-state index < -0.39 is 17.5 Å². The number of carbonyl (C=O) groups is 3. The highest BCUT2D eigenvalue weighted by Crippen LogP contribution is 2.26. The number of hydrogen-bond acceptors (Lipinski definition) is 4. The molecule has 0 saturated heterocycles. The minimum absolute atomic E-state index is 0.00373. The molecule has 2 aromatic carbocycles. The molecule has 0 bridgehead atoms. The van der Waals surface area contributed by atoms with Crippen LogP contribution in [0.25, 0.3) is 0 Å². The lowest BCUT2D eigenvalue weighted by Gasteiger charge is -2.32. The Morgan fingerprint density at radius 2 is 1.48 bits per heavy atom. The Kier molecular flexibility index (Phi) is 9.28. The highest BCUT2D eigenvalue weighted by molar-refractivity contribution is 5.89. The van der Waals surface area contributed by atoms with Gasteiger partial charge in [-0.1, -0.05) is 60.2 Å². The minimum atomic E-state index is -1.26. The molecule has 154 valence electrons. The summed E-state index contributed by atoms with van der Waals surface area (Å²) < 4.78 is 0. The number of aliphatic carboxylic acids is 2. The molecule has 0 radical (unpaired) electrons. The van der Waals surface area contributed by atoms with E-state index in [0.29, 0.717) is 12.2 Å². The Bertz CT molecular complexity index is 831. The molecule has 0 saturated carbocycles. The van der Waals surface area contributed by atoms with Crippen molar-refractivity contribution in [1.29, 1.82) is 0 Å². The van der Waals surface area contributed by atoms with Crippen LogP contribution in [0.3, 0.4) is 0 Å². The quantitative estimate of drug-likeness (QED) is 0.529. The molecule has 1 atom stereocenters. The highest BCUT2D eigenvalue weighted by Gasteiger charge is 2.28. The Morgan fingerprint density at radius 3 is 1.93 bits per heavy atom. The maximum absolute atomic E-state index is 11.8. The topological polar surface area (TPSA) is 130 Å². The Balaban J connectivity index is 0.000000447. The van der Waals surface area contributed by atoms with Crippen LogP contribution >= 0.6 is 0 Å². The van der Waals surface area contributed by atoms with Gasteiger partial charge in [0.05, 0.1) is 12.1 Å². The van der Waals surface area contributed by atoms with Gasteiger partial charge >= 0.3 is 11.9 Å². The van der Waals surface area contributed by atoms with Gasteiger partial charge in [0.15, 0.2) is 0 Å². The summed E-state index contributed by atoms with van der Waals surface area (Å²) in [7, 11) is 0. The zero-order chi connectivity index (χ0) is 21.9. The first kappa shape index (κ1) is 23.6. The van der Waals surface area contributed by atoms with Crippen molar-refractivity contribution in [2.75, 3.05) is 6.54 Å². The first-order valence-corrected chi connectivity index (χ1v) is 8.92. The minimum Gasteiger partial charge on any atom is -0.478 e. The van der Waals surface area contributed by atoms with E-state index in [9.17, 15) is 14.4 Å². The van der Waals surface area contributed by atoms with Crippen molar-refractivity contribution in [3.63, 3.8) is 0 Å². The lowest BCUT2D eigenvalue weighted by Crippen LogP contribution is -2.47. The Labute approximate surface area is 169 Å². The van der Waals surface area contributed by atoms with Gasteiger partial charge < -0.3 is 21.3 Å². The predicted molar refractivity (Wildman–Crippen MR) is 110 cm³/mol. The van der Waals surface area contributed by atoms with Gasteiger partial charge in [-0.25, -0.2) is 9.59 Å².